The van der Waals surface area contributed by atoms with E-state index in [1.54, 1.807) is 0 Å². The van der Waals surface area contributed by atoms with Gasteiger partial charge in [0.25, 0.3) is 0 Å². The van der Waals surface area contributed by atoms with Crippen molar-refractivity contribution in [2.75, 3.05) is 26.4 Å². The van der Waals surface area contributed by atoms with Gasteiger partial charge in [0.2, 0.25) is 0 Å². The largest absolute Gasteiger partial charge is 0.462 e. The minimum Gasteiger partial charge on any atom is -0.462 e. The second-order valence-corrected chi connectivity index (χ2v) is 37.0. The average Bonchev–Trinajstić information content (AvgIpc) is 0.946. The van der Waals surface area contributed by atoms with Crippen LogP contribution in [0.3, 0.4) is 0 Å². The molecule has 0 radical (unpaired) electrons. The molecule has 0 amide bonds. The molecule has 0 aromatic carbocycles. The molecule has 12 nitrogen and oxygen atoms in total. The summed E-state index contributed by atoms with van der Waals surface area (Å²) in [6.07, 6.45) is 107. The quantitative estimate of drug-likeness (QED) is 0.0323. The summed E-state index contributed by atoms with van der Waals surface area (Å²) >= 11 is 0. The van der Waals surface area contributed by atoms with E-state index in [1.165, 1.54) is 424 Å². The van der Waals surface area contributed by atoms with Gasteiger partial charge < -0.3 is 28.4 Å². The first-order valence-corrected chi connectivity index (χ1v) is 54.1. The van der Waals surface area contributed by atoms with Crippen LogP contribution in [0.25, 0.3) is 0 Å². The molecule has 712 valence electrons. The maximum atomic E-state index is 12.8. The van der Waals surface area contributed by atoms with E-state index < -0.39 is 12.2 Å². The molecule has 0 aliphatic rings. The number of hydrogen-bond donors (Lipinski definition) is 0. The summed E-state index contributed by atoms with van der Waals surface area (Å²) in [7, 11) is 0. The van der Waals surface area contributed by atoms with E-state index in [-0.39, 0.29) is 62.2 Å². The summed E-state index contributed by atoms with van der Waals surface area (Å²) in [5.74, 6) is -1.67. The first-order chi connectivity index (χ1) is 59.1. The van der Waals surface area contributed by atoms with Crippen molar-refractivity contribution in [1.82, 2.24) is 0 Å². The van der Waals surface area contributed by atoms with Crippen molar-refractivity contribution in [1.29, 1.82) is 0 Å². The molecule has 12 heteroatoms. The Hall–Kier alpha value is -3.18. The van der Waals surface area contributed by atoms with E-state index in [0.29, 0.717) is 38.5 Å². The Balaban J connectivity index is 0. The molecule has 0 N–H and O–H groups in total. The number of carbonyl (C=O) groups excluding carboxylic acids is 6. The van der Waals surface area contributed by atoms with Gasteiger partial charge in [-0.1, -0.05) is 542 Å². The molecule has 0 saturated heterocycles. The Morgan fingerprint density at radius 3 is 0.333 bits per heavy atom. The van der Waals surface area contributed by atoms with Crippen LogP contribution in [0.15, 0.2) is 0 Å². The first kappa shape index (κ1) is 119. The number of unbranched alkanes of at least 4 members (excludes halogenated alkanes) is 78. The van der Waals surface area contributed by atoms with Gasteiger partial charge in [-0.05, 0) is 38.5 Å². The van der Waals surface area contributed by atoms with Crippen LogP contribution in [0.1, 0.15) is 619 Å². The molecule has 0 aromatic rings. The van der Waals surface area contributed by atoms with E-state index in [1.807, 2.05) is 0 Å². The average molecular weight is 1700 g/mol. The SMILES string of the molecule is CCCCCCCCCCCCCCCC(=O)OCC(COC(=O)CCCCCCCCCCCCCCC)OC(=O)CCCCCCCCCCCCCCC.CCCCCCCCCCCCCCCCCC(=O)OCC(COC(=O)CCCCCCCCCCCCCCCCC)OC(=O)CCCCCCCCCCCCCCCCC. The van der Waals surface area contributed by atoms with Gasteiger partial charge in [-0.3, -0.25) is 28.8 Å². The summed E-state index contributed by atoms with van der Waals surface area (Å²) in [6, 6.07) is 0. The van der Waals surface area contributed by atoms with E-state index in [2.05, 4.69) is 41.5 Å². The van der Waals surface area contributed by atoms with Crippen molar-refractivity contribution in [2.45, 2.75) is 632 Å². The molecule has 0 unspecified atom stereocenters. The fourth-order valence-electron chi connectivity index (χ4n) is 16.5. The fraction of sp³-hybridized carbons (Fsp3) is 0.944. The lowest BCUT2D eigenvalue weighted by Gasteiger charge is -2.18. The van der Waals surface area contributed by atoms with Gasteiger partial charge in [-0.15, -0.1) is 0 Å². The molecule has 0 spiro atoms. The highest BCUT2D eigenvalue weighted by Gasteiger charge is 2.22. The molecular weight excluding hydrogens is 1490 g/mol. The van der Waals surface area contributed by atoms with Gasteiger partial charge in [-0.25, -0.2) is 0 Å². The van der Waals surface area contributed by atoms with Crippen LogP contribution in [0.2, 0.25) is 0 Å². The first-order valence-electron chi connectivity index (χ1n) is 54.1. The maximum absolute atomic E-state index is 12.8. The zero-order valence-corrected chi connectivity index (χ0v) is 81.5. The highest BCUT2D eigenvalue weighted by Crippen LogP contribution is 2.22. The third-order valence-electron chi connectivity index (χ3n) is 24.7. The smallest absolute Gasteiger partial charge is 0.306 e. The summed E-state index contributed by atoms with van der Waals surface area (Å²) in [6.45, 7) is 13.4. The fourth-order valence-corrected chi connectivity index (χ4v) is 16.5. The molecule has 0 heterocycles. The van der Waals surface area contributed by atoms with Crippen LogP contribution in [0.4, 0.5) is 0 Å². The van der Waals surface area contributed by atoms with Crippen LogP contribution in [0, 0.1) is 0 Å². The number of hydrogen-bond acceptors (Lipinski definition) is 12. The van der Waals surface area contributed by atoms with Gasteiger partial charge in [-0.2, -0.15) is 0 Å². The van der Waals surface area contributed by atoms with Crippen molar-refractivity contribution in [3.8, 4) is 0 Å². The van der Waals surface area contributed by atoms with Crippen LogP contribution < -0.4 is 0 Å². The molecule has 0 fully saturated rings. The monoisotopic (exact) mass is 1700 g/mol. The van der Waals surface area contributed by atoms with E-state index in [9.17, 15) is 28.8 Å². The zero-order valence-electron chi connectivity index (χ0n) is 81.5. The maximum Gasteiger partial charge on any atom is 0.306 e. The standard InChI is InChI=1S/C57H110O6.C51H98O6/c1-4-7-10-13-16-19-22-25-28-31-34-37-40-43-46-49-55(58)61-52-54(63-57(60)51-48-45-42-39-36-33-30-27-24-21-18-15-12-9-6-3)53-62-56(59)50-47-44-41-38-35-32-29-26-23-20-17-14-11-8-5-2;1-4-7-10-13-16-19-22-25-28-31-34-37-40-43-49(52)55-46-48(57-51(54)45-42-39-36-33-30-27-24-21-18-15-12-9-6-3)47-56-50(53)44-41-38-35-32-29-26-23-20-17-14-11-8-5-2/h54H,4-53H2,1-3H3;48H,4-47H2,1-3H3. The molecule has 0 bridgehead atoms. The lowest BCUT2D eigenvalue weighted by atomic mass is 10.0. The lowest BCUT2D eigenvalue weighted by molar-refractivity contribution is -0.167. The predicted octanol–water partition coefficient (Wildman–Crippen LogP) is 35.2. The molecular formula is C108H208O12. The van der Waals surface area contributed by atoms with Gasteiger partial charge in [0.15, 0.2) is 12.2 Å². The summed E-state index contributed by atoms with van der Waals surface area (Å²) < 4.78 is 33.7. The van der Waals surface area contributed by atoms with E-state index >= 15 is 0 Å². The molecule has 0 saturated carbocycles. The van der Waals surface area contributed by atoms with Gasteiger partial charge in [0.1, 0.15) is 26.4 Å². The molecule has 0 rings (SSSR count). The zero-order chi connectivity index (χ0) is 87.3. The Kier molecular flexibility index (Phi) is 104. The van der Waals surface area contributed by atoms with Crippen LogP contribution in [-0.2, 0) is 57.2 Å². The topological polar surface area (TPSA) is 158 Å². The second-order valence-electron chi connectivity index (χ2n) is 37.0. The number of carbonyl (C=O) groups is 6. The molecule has 120 heavy (non-hydrogen) atoms. The van der Waals surface area contributed by atoms with Gasteiger partial charge in [0, 0.05) is 38.5 Å². The van der Waals surface area contributed by atoms with E-state index in [4.69, 9.17) is 28.4 Å². The Labute approximate surface area is 746 Å². The lowest BCUT2D eigenvalue weighted by Crippen LogP contribution is -2.30. The van der Waals surface area contributed by atoms with Crippen molar-refractivity contribution < 1.29 is 57.2 Å². The number of ether oxygens (including phenoxy) is 6. The predicted molar refractivity (Wildman–Crippen MR) is 513 cm³/mol. The Morgan fingerprint density at radius 2 is 0.225 bits per heavy atom. The van der Waals surface area contributed by atoms with Crippen LogP contribution in [-0.4, -0.2) is 74.5 Å². The highest BCUT2D eigenvalue weighted by molar-refractivity contribution is 5.72. The number of rotatable bonds is 100. The Bertz CT molecular complexity index is 1970. The highest BCUT2D eigenvalue weighted by atomic mass is 16.6. The summed E-state index contributed by atoms with van der Waals surface area (Å²) in [5, 5.41) is 0. The molecule has 0 aromatic heterocycles. The number of esters is 6. The summed E-state index contributed by atoms with van der Waals surface area (Å²) in [5.41, 5.74) is 0. The molecule has 0 aliphatic heterocycles. The Morgan fingerprint density at radius 1 is 0.133 bits per heavy atom. The minimum atomic E-state index is -0.760. The van der Waals surface area contributed by atoms with Crippen molar-refractivity contribution in [3.05, 3.63) is 0 Å². The second kappa shape index (κ2) is 105. The molecule has 0 aliphatic carbocycles. The normalized spacial score (nSPS) is 11.4. The van der Waals surface area contributed by atoms with Crippen LogP contribution >= 0.6 is 0 Å². The van der Waals surface area contributed by atoms with Crippen molar-refractivity contribution in [3.63, 3.8) is 0 Å². The summed E-state index contributed by atoms with van der Waals surface area (Å²) in [4.78, 5) is 76.0. The minimum absolute atomic E-state index is 0.0611. The third kappa shape index (κ3) is 102. The molecule has 0 atom stereocenters. The van der Waals surface area contributed by atoms with Gasteiger partial charge in [0.05, 0.1) is 0 Å². The van der Waals surface area contributed by atoms with Gasteiger partial charge >= 0.3 is 35.8 Å². The third-order valence-corrected chi connectivity index (χ3v) is 24.7. The van der Waals surface area contributed by atoms with Crippen molar-refractivity contribution >= 4 is 35.8 Å². The van der Waals surface area contributed by atoms with Crippen molar-refractivity contribution in [2.24, 2.45) is 0 Å². The van der Waals surface area contributed by atoms with E-state index in [0.717, 1.165) is 116 Å². The van der Waals surface area contributed by atoms with Crippen LogP contribution in [0.5, 0.6) is 0 Å².